The summed E-state index contributed by atoms with van der Waals surface area (Å²) in [7, 11) is 0. The van der Waals surface area contributed by atoms with Gasteiger partial charge in [-0.3, -0.25) is 4.90 Å². The van der Waals surface area contributed by atoms with E-state index < -0.39 is 11.7 Å². The predicted octanol–water partition coefficient (Wildman–Crippen LogP) is 2.87. The van der Waals surface area contributed by atoms with Crippen LogP contribution in [0.15, 0.2) is 22.2 Å². The van der Waals surface area contributed by atoms with Gasteiger partial charge >= 0.3 is 6.18 Å². The molecule has 0 bridgehead atoms. The topological polar surface area (TPSA) is 41.3 Å². The molecule has 118 valence electrons. The maximum atomic E-state index is 12.5. The van der Waals surface area contributed by atoms with Gasteiger partial charge in [-0.15, -0.1) is 0 Å². The second kappa shape index (κ2) is 7.09. The van der Waals surface area contributed by atoms with Crippen molar-refractivity contribution in [1.29, 1.82) is 0 Å². The molecule has 0 fully saturated rings. The van der Waals surface area contributed by atoms with Crippen LogP contribution in [-0.4, -0.2) is 35.9 Å². The molecule has 0 spiro atoms. The molecule has 1 N–H and O–H groups in total. The molecule has 0 aromatic carbocycles. The van der Waals surface area contributed by atoms with E-state index in [0.717, 1.165) is 18.7 Å². The lowest BCUT2D eigenvalue weighted by Crippen LogP contribution is -2.31. The molecule has 1 aromatic rings. The van der Waals surface area contributed by atoms with Crippen LogP contribution in [0.25, 0.3) is 0 Å². The standard InChI is InChI=1S/C14H20F3N3O/c1-2-5-18-9-12-8-13(21-19-12)10-20-6-3-11(4-7-20)14(15,16)17/h3,8,18H,2,4-7,9-10H2,1H3. The Hall–Kier alpha value is -1.34. The monoisotopic (exact) mass is 303 g/mol. The van der Waals surface area contributed by atoms with Crippen LogP contribution in [0, 0.1) is 0 Å². The molecular formula is C14H20F3N3O. The fraction of sp³-hybridized carbons (Fsp3) is 0.643. The van der Waals surface area contributed by atoms with E-state index >= 15 is 0 Å². The number of hydrogen-bond donors (Lipinski definition) is 1. The highest BCUT2D eigenvalue weighted by Crippen LogP contribution is 2.30. The number of aromatic nitrogens is 1. The van der Waals surface area contributed by atoms with E-state index in [0.29, 0.717) is 31.9 Å². The van der Waals surface area contributed by atoms with Crippen LogP contribution in [0.3, 0.4) is 0 Å². The van der Waals surface area contributed by atoms with Crippen molar-refractivity contribution in [3.05, 3.63) is 29.2 Å². The highest BCUT2D eigenvalue weighted by atomic mass is 19.4. The van der Waals surface area contributed by atoms with Crippen LogP contribution in [-0.2, 0) is 13.1 Å². The van der Waals surface area contributed by atoms with Crippen molar-refractivity contribution < 1.29 is 17.7 Å². The first-order valence-corrected chi connectivity index (χ1v) is 7.13. The molecule has 1 aromatic heterocycles. The maximum absolute atomic E-state index is 12.5. The number of nitrogens with one attached hydrogen (secondary N) is 1. The summed E-state index contributed by atoms with van der Waals surface area (Å²) in [6.07, 6.45) is -1.87. The Morgan fingerprint density at radius 2 is 2.24 bits per heavy atom. The van der Waals surface area contributed by atoms with E-state index in [2.05, 4.69) is 17.4 Å². The van der Waals surface area contributed by atoms with Gasteiger partial charge in [-0.05, 0) is 19.4 Å². The van der Waals surface area contributed by atoms with E-state index in [1.54, 1.807) is 0 Å². The van der Waals surface area contributed by atoms with Crippen molar-refractivity contribution in [1.82, 2.24) is 15.4 Å². The number of alkyl halides is 3. The van der Waals surface area contributed by atoms with E-state index in [1.807, 2.05) is 11.0 Å². The summed E-state index contributed by atoms with van der Waals surface area (Å²) in [5.41, 5.74) is 0.391. The van der Waals surface area contributed by atoms with Gasteiger partial charge in [-0.2, -0.15) is 13.2 Å². The molecule has 0 amide bonds. The van der Waals surface area contributed by atoms with E-state index in [1.165, 1.54) is 6.08 Å². The maximum Gasteiger partial charge on any atom is 0.412 e. The Bertz CT molecular complexity index is 482. The van der Waals surface area contributed by atoms with Crippen molar-refractivity contribution in [2.24, 2.45) is 0 Å². The van der Waals surface area contributed by atoms with Crippen LogP contribution in [0.5, 0.6) is 0 Å². The fourth-order valence-electron chi connectivity index (χ4n) is 2.24. The highest BCUT2D eigenvalue weighted by Gasteiger charge is 2.34. The van der Waals surface area contributed by atoms with Gasteiger partial charge in [-0.25, -0.2) is 0 Å². The molecule has 4 nitrogen and oxygen atoms in total. The summed E-state index contributed by atoms with van der Waals surface area (Å²) in [5, 5.41) is 7.17. The average Bonchev–Trinajstić information content (AvgIpc) is 2.86. The van der Waals surface area contributed by atoms with Crippen molar-refractivity contribution >= 4 is 0 Å². The molecule has 0 radical (unpaired) electrons. The van der Waals surface area contributed by atoms with Gasteiger partial charge in [0.25, 0.3) is 0 Å². The summed E-state index contributed by atoms with van der Waals surface area (Å²) in [4.78, 5) is 1.92. The van der Waals surface area contributed by atoms with Gasteiger partial charge in [0.2, 0.25) is 0 Å². The molecule has 0 atom stereocenters. The Morgan fingerprint density at radius 3 is 2.86 bits per heavy atom. The first-order chi connectivity index (χ1) is 9.99. The van der Waals surface area contributed by atoms with Crippen LogP contribution < -0.4 is 5.32 Å². The summed E-state index contributed by atoms with van der Waals surface area (Å²) in [5.74, 6) is 0.687. The molecule has 2 heterocycles. The number of hydrogen-bond acceptors (Lipinski definition) is 4. The molecule has 0 aliphatic carbocycles. The van der Waals surface area contributed by atoms with Crippen LogP contribution in [0.4, 0.5) is 13.2 Å². The lowest BCUT2D eigenvalue weighted by atomic mass is 10.1. The SMILES string of the molecule is CCCNCc1cc(CN2CC=C(C(F)(F)F)CC2)on1. The smallest absolute Gasteiger partial charge is 0.360 e. The van der Waals surface area contributed by atoms with E-state index in [9.17, 15) is 13.2 Å². The first kappa shape index (κ1) is 16.0. The third-order valence-electron chi connectivity index (χ3n) is 3.38. The van der Waals surface area contributed by atoms with Crippen LogP contribution in [0.2, 0.25) is 0 Å². The predicted molar refractivity (Wildman–Crippen MR) is 72.5 cm³/mol. The third-order valence-corrected chi connectivity index (χ3v) is 3.38. The highest BCUT2D eigenvalue weighted by molar-refractivity contribution is 5.14. The first-order valence-electron chi connectivity index (χ1n) is 7.13. The van der Waals surface area contributed by atoms with Crippen molar-refractivity contribution in [2.75, 3.05) is 19.6 Å². The minimum absolute atomic E-state index is 0.0303. The van der Waals surface area contributed by atoms with Gasteiger partial charge in [-0.1, -0.05) is 18.2 Å². The van der Waals surface area contributed by atoms with Gasteiger partial charge in [0.15, 0.2) is 5.76 Å². The van der Waals surface area contributed by atoms with Crippen molar-refractivity contribution in [3.8, 4) is 0 Å². The Balaban J connectivity index is 1.82. The zero-order valence-electron chi connectivity index (χ0n) is 12.0. The van der Waals surface area contributed by atoms with Crippen LogP contribution in [0.1, 0.15) is 31.2 Å². The molecular weight excluding hydrogens is 283 g/mol. The molecule has 0 saturated heterocycles. The summed E-state index contributed by atoms with van der Waals surface area (Å²) < 4.78 is 42.8. The zero-order chi connectivity index (χ0) is 15.3. The Kier molecular flexibility index (Phi) is 5.41. The Labute approximate surface area is 122 Å². The second-order valence-electron chi connectivity index (χ2n) is 5.17. The normalized spacial score (nSPS) is 17.0. The number of halogens is 3. The molecule has 1 aliphatic heterocycles. The molecule has 21 heavy (non-hydrogen) atoms. The minimum atomic E-state index is -4.20. The van der Waals surface area contributed by atoms with E-state index in [4.69, 9.17) is 4.52 Å². The van der Waals surface area contributed by atoms with Crippen molar-refractivity contribution in [3.63, 3.8) is 0 Å². The molecule has 0 unspecified atom stereocenters. The quantitative estimate of drug-likeness (QED) is 0.648. The lowest BCUT2D eigenvalue weighted by molar-refractivity contribution is -0.0961. The number of nitrogens with zero attached hydrogens (tertiary/aromatic N) is 2. The van der Waals surface area contributed by atoms with Gasteiger partial charge in [0.05, 0.1) is 12.2 Å². The fourth-order valence-corrected chi connectivity index (χ4v) is 2.24. The summed E-state index contributed by atoms with van der Waals surface area (Å²) in [6, 6.07) is 1.85. The minimum Gasteiger partial charge on any atom is -0.360 e. The van der Waals surface area contributed by atoms with Crippen LogP contribution >= 0.6 is 0 Å². The lowest BCUT2D eigenvalue weighted by Gasteiger charge is -2.25. The Morgan fingerprint density at radius 1 is 1.43 bits per heavy atom. The average molecular weight is 303 g/mol. The van der Waals surface area contributed by atoms with Gasteiger partial charge in [0, 0.05) is 31.3 Å². The number of rotatable bonds is 6. The second-order valence-corrected chi connectivity index (χ2v) is 5.17. The summed E-state index contributed by atoms with van der Waals surface area (Å²) >= 11 is 0. The third kappa shape index (κ3) is 4.86. The summed E-state index contributed by atoms with van der Waals surface area (Å²) in [6.45, 7) is 4.81. The molecule has 1 aliphatic rings. The molecule has 7 heteroatoms. The largest absolute Gasteiger partial charge is 0.412 e. The van der Waals surface area contributed by atoms with Crippen molar-refractivity contribution in [2.45, 2.75) is 39.0 Å². The zero-order valence-corrected chi connectivity index (χ0v) is 12.0. The molecule has 2 rings (SSSR count). The van der Waals surface area contributed by atoms with Gasteiger partial charge in [0.1, 0.15) is 0 Å². The molecule has 0 saturated carbocycles. The van der Waals surface area contributed by atoms with E-state index in [-0.39, 0.29) is 6.42 Å². The van der Waals surface area contributed by atoms with Gasteiger partial charge < -0.3 is 9.84 Å².